The third-order valence-electron chi connectivity index (χ3n) is 4.36. The predicted molar refractivity (Wildman–Crippen MR) is 79.2 cm³/mol. The minimum atomic E-state index is -0.724. The number of aliphatic hydroxyl groups is 1. The number of amides is 2. The van der Waals surface area contributed by atoms with Crippen molar-refractivity contribution in [3.63, 3.8) is 0 Å². The van der Waals surface area contributed by atoms with E-state index in [2.05, 4.69) is 5.32 Å². The molecule has 21 heavy (non-hydrogen) atoms. The lowest BCUT2D eigenvalue weighted by atomic mass is 9.80. The molecule has 3 rings (SSSR count). The molecule has 5 heteroatoms. The number of anilines is 1. The Kier molecular flexibility index (Phi) is 3.68. The molecule has 2 amide bonds. The third-order valence-corrected chi connectivity index (χ3v) is 4.36. The van der Waals surface area contributed by atoms with Gasteiger partial charge in [0.2, 0.25) is 5.91 Å². The predicted octanol–water partition coefficient (Wildman–Crippen LogP) is 1.46. The van der Waals surface area contributed by atoms with Gasteiger partial charge < -0.3 is 15.3 Å². The zero-order chi connectivity index (χ0) is 14.9. The molecule has 0 unspecified atom stereocenters. The van der Waals surface area contributed by atoms with Crippen molar-refractivity contribution in [3.05, 3.63) is 29.8 Å². The van der Waals surface area contributed by atoms with E-state index in [1.165, 1.54) is 0 Å². The van der Waals surface area contributed by atoms with Gasteiger partial charge in [-0.3, -0.25) is 9.59 Å². The van der Waals surface area contributed by atoms with Crippen molar-refractivity contribution in [2.24, 2.45) is 0 Å². The summed E-state index contributed by atoms with van der Waals surface area (Å²) in [5.41, 5.74) is 0.570. The van der Waals surface area contributed by atoms with Crippen LogP contribution in [0, 0.1) is 0 Å². The zero-order valence-electron chi connectivity index (χ0n) is 12.0. The highest BCUT2D eigenvalue weighted by Gasteiger charge is 2.34. The number of carbonyl (C=O) groups is 2. The van der Waals surface area contributed by atoms with Crippen molar-refractivity contribution in [2.45, 2.75) is 37.7 Å². The van der Waals surface area contributed by atoms with E-state index in [0.29, 0.717) is 25.1 Å². The van der Waals surface area contributed by atoms with Gasteiger partial charge in [0, 0.05) is 30.8 Å². The molecule has 1 aliphatic heterocycles. The minimum Gasteiger partial charge on any atom is -0.388 e. The van der Waals surface area contributed by atoms with Gasteiger partial charge in [0.15, 0.2) is 0 Å². The molecule has 0 spiro atoms. The summed E-state index contributed by atoms with van der Waals surface area (Å²) in [5, 5.41) is 12.8. The Labute approximate surface area is 123 Å². The molecule has 112 valence electrons. The number of carbonyl (C=O) groups excluding carboxylic acids is 2. The quantitative estimate of drug-likeness (QED) is 0.881. The fourth-order valence-electron chi connectivity index (χ4n) is 2.84. The van der Waals surface area contributed by atoms with Crippen LogP contribution >= 0.6 is 0 Å². The van der Waals surface area contributed by atoms with Crippen LogP contribution in [-0.4, -0.2) is 35.6 Å². The van der Waals surface area contributed by atoms with Crippen LogP contribution in [0.15, 0.2) is 24.3 Å². The van der Waals surface area contributed by atoms with Crippen LogP contribution in [0.4, 0.5) is 5.69 Å². The molecule has 1 aromatic rings. The van der Waals surface area contributed by atoms with Crippen LogP contribution in [0.3, 0.4) is 0 Å². The summed E-state index contributed by atoms with van der Waals surface area (Å²) in [6.07, 6.45) is 3.94. The van der Waals surface area contributed by atoms with Gasteiger partial charge in [0.1, 0.15) is 0 Å². The second kappa shape index (κ2) is 5.48. The molecule has 1 aromatic carbocycles. The highest BCUT2D eigenvalue weighted by molar-refractivity contribution is 5.99. The maximum atomic E-state index is 12.2. The summed E-state index contributed by atoms with van der Waals surface area (Å²) in [6.45, 7) is 1.00. The van der Waals surface area contributed by atoms with Gasteiger partial charge in [-0.25, -0.2) is 0 Å². The maximum absolute atomic E-state index is 12.2. The Bertz CT molecular complexity index is 566. The summed E-state index contributed by atoms with van der Waals surface area (Å²) in [7, 11) is 0. The zero-order valence-corrected chi connectivity index (χ0v) is 12.0. The van der Waals surface area contributed by atoms with E-state index < -0.39 is 5.60 Å². The van der Waals surface area contributed by atoms with Crippen LogP contribution in [0.2, 0.25) is 0 Å². The molecule has 5 nitrogen and oxygen atoms in total. The number of benzene rings is 1. The summed E-state index contributed by atoms with van der Waals surface area (Å²) < 4.78 is 0. The fourth-order valence-corrected chi connectivity index (χ4v) is 2.84. The molecule has 1 saturated carbocycles. The van der Waals surface area contributed by atoms with Crippen molar-refractivity contribution < 1.29 is 14.7 Å². The summed E-state index contributed by atoms with van der Waals surface area (Å²) in [5.74, 6) is -0.0971. The van der Waals surface area contributed by atoms with Gasteiger partial charge in [-0.1, -0.05) is 6.07 Å². The second-order valence-electron chi connectivity index (χ2n) is 5.96. The molecule has 2 fully saturated rings. The fraction of sp³-hybridized carbons (Fsp3) is 0.500. The molecule has 2 N–H and O–H groups in total. The Morgan fingerprint density at radius 1 is 1.33 bits per heavy atom. The van der Waals surface area contributed by atoms with Crippen LogP contribution in [0.5, 0.6) is 0 Å². The van der Waals surface area contributed by atoms with Crippen molar-refractivity contribution >= 4 is 17.5 Å². The van der Waals surface area contributed by atoms with Gasteiger partial charge in [0.05, 0.1) is 5.60 Å². The Morgan fingerprint density at radius 3 is 2.76 bits per heavy atom. The molecule has 1 heterocycles. The number of hydrogen-bond donors (Lipinski definition) is 2. The van der Waals surface area contributed by atoms with Gasteiger partial charge >= 0.3 is 0 Å². The molecule has 0 atom stereocenters. The first-order valence-corrected chi connectivity index (χ1v) is 7.48. The topological polar surface area (TPSA) is 69.6 Å². The lowest BCUT2D eigenvalue weighted by Crippen LogP contribution is -2.47. The van der Waals surface area contributed by atoms with E-state index in [9.17, 15) is 14.7 Å². The molecule has 0 bridgehead atoms. The lowest BCUT2D eigenvalue weighted by molar-refractivity contribution is -0.117. The molecule has 0 aromatic heterocycles. The first kappa shape index (κ1) is 14.1. The van der Waals surface area contributed by atoms with Crippen LogP contribution in [-0.2, 0) is 4.79 Å². The number of hydrogen-bond acceptors (Lipinski definition) is 3. The molecule has 1 saturated heterocycles. The SMILES string of the molecule is O=C(NCC1(O)CCC1)c1cccc(N2CCCC2=O)c1. The van der Waals surface area contributed by atoms with Crippen LogP contribution in [0.25, 0.3) is 0 Å². The average Bonchev–Trinajstić information content (AvgIpc) is 2.89. The number of nitrogens with one attached hydrogen (secondary N) is 1. The third kappa shape index (κ3) is 2.93. The normalized spacial score (nSPS) is 20.2. The Morgan fingerprint density at radius 2 is 2.14 bits per heavy atom. The number of rotatable bonds is 4. The monoisotopic (exact) mass is 288 g/mol. The van der Waals surface area contributed by atoms with Gasteiger partial charge in [-0.05, 0) is 43.9 Å². The van der Waals surface area contributed by atoms with Crippen molar-refractivity contribution in [1.82, 2.24) is 5.32 Å². The highest BCUT2D eigenvalue weighted by atomic mass is 16.3. The van der Waals surface area contributed by atoms with Gasteiger partial charge in [-0.2, -0.15) is 0 Å². The van der Waals surface area contributed by atoms with Crippen molar-refractivity contribution in [1.29, 1.82) is 0 Å². The van der Waals surface area contributed by atoms with Crippen LogP contribution < -0.4 is 10.2 Å². The van der Waals surface area contributed by atoms with Gasteiger partial charge in [0.25, 0.3) is 5.91 Å². The molecular weight excluding hydrogens is 268 g/mol. The molecule has 1 aliphatic carbocycles. The lowest BCUT2D eigenvalue weighted by Gasteiger charge is -2.36. The average molecular weight is 288 g/mol. The van der Waals surface area contributed by atoms with E-state index in [4.69, 9.17) is 0 Å². The van der Waals surface area contributed by atoms with E-state index >= 15 is 0 Å². The number of nitrogens with zero attached hydrogens (tertiary/aromatic N) is 1. The Balaban J connectivity index is 1.67. The largest absolute Gasteiger partial charge is 0.388 e. The van der Waals surface area contributed by atoms with Crippen molar-refractivity contribution in [3.8, 4) is 0 Å². The van der Waals surface area contributed by atoms with E-state index in [-0.39, 0.29) is 11.8 Å². The minimum absolute atomic E-state index is 0.108. The van der Waals surface area contributed by atoms with Crippen LogP contribution in [0.1, 0.15) is 42.5 Å². The summed E-state index contributed by atoms with van der Waals surface area (Å²) in [4.78, 5) is 25.6. The van der Waals surface area contributed by atoms with Gasteiger partial charge in [-0.15, -0.1) is 0 Å². The van der Waals surface area contributed by atoms with Crippen molar-refractivity contribution in [2.75, 3.05) is 18.0 Å². The summed E-state index contributed by atoms with van der Waals surface area (Å²) >= 11 is 0. The van der Waals surface area contributed by atoms with E-state index in [1.807, 2.05) is 6.07 Å². The highest BCUT2D eigenvalue weighted by Crippen LogP contribution is 2.30. The Hall–Kier alpha value is -1.88. The molecular formula is C16H20N2O3. The molecule has 2 aliphatic rings. The standard InChI is InChI=1S/C16H20N2O3/c19-14-6-2-9-18(14)13-5-1-4-12(10-13)15(20)17-11-16(21)7-3-8-16/h1,4-5,10,21H,2-3,6-9,11H2,(H,17,20). The second-order valence-corrected chi connectivity index (χ2v) is 5.96. The van der Waals surface area contributed by atoms with E-state index in [1.54, 1.807) is 23.1 Å². The smallest absolute Gasteiger partial charge is 0.251 e. The summed E-state index contributed by atoms with van der Waals surface area (Å²) in [6, 6.07) is 7.10. The first-order chi connectivity index (χ1) is 10.1. The molecule has 0 radical (unpaired) electrons. The van der Waals surface area contributed by atoms with E-state index in [0.717, 1.165) is 31.4 Å². The first-order valence-electron chi connectivity index (χ1n) is 7.48. The maximum Gasteiger partial charge on any atom is 0.251 e.